The Bertz CT molecular complexity index is 1280. The summed E-state index contributed by atoms with van der Waals surface area (Å²) >= 11 is 2.84. The summed E-state index contributed by atoms with van der Waals surface area (Å²) in [5, 5.41) is 17.5. The summed E-state index contributed by atoms with van der Waals surface area (Å²) < 4.78 is 1.07. The summed E-state index contributed by atoms with van der Waals surface area (Å²) in [6, 6.07) is 12.5. The van der Waals surface area contributed by atoms with Gasteiger partial charge in [-0.25, -0.2) is 9.97 Å². The predicted octanol–water partition coefficient (Wildman–Crippen LogP) is 5.57. The molecule has 0 radical (unpaired) electrons. The molecule has 1 fully saturated rings. The molecule has 32 heavy (non-hydrogen) atoms. The number of thiazole rings is 2. The van der Waals surface area contributed by atoms with E-state index >= 15 is 0 Å². The van der Waals surface area contributed by atoms with E-state index in [2.05, 4.69) is 15.3 Å². The first-order valence-electron chi connectivity index (χ1n) is 10.2. The third-order valence-corrected chi connectivity index (χ3v) is 7.19. The highest BCUT2D eigenvalue weighted by Crippen LogP contribution is 2.33. The zero-order valence-electron chi connectivity index (χ0n) is 17.0. The Kier molecular flexibility index (Phi) is 5.54. The number of amides is 1. The number of rotatable bonds is 5. The Morgan fingerprint density at radius 2 is 1.91 bits per heavy atom. The second-order valence-electron chi connectivity index (χ2n) is 7.49. The summed E-state index contributed by atoms with van der Waals surface area (Å²) in [5.74, 6) is -0.427. The molecule has 0 aliphatic carbocycles. The predicted molar refractivity (Wildman–Crippen MR) is 128 cm³/mol. The molecule has 2 aromatic heterocycles. The average Bonchev–Trinajstić information content (AvgIpc) is 3.46. The fourth-order valence-corrected chi connectivity index (χ4v) is 5.48. The van der Waals surface area contributed by atoms with E-state index in [1.807, 2.05) is 34.5 Å². The number of para-hydroxylation sites is 1. The van der Waals surface area contributed by atoms with Crippen LogP contribution in [0.15, 0.2) is 47.8 Å². The fraction of sp³-hybridized carbons (Fsp3) is 0.227. The number of nitrogens with zero attached hydrogens (tertiary/aromatic N) is 4. The van der Waals surface area contributed by atoms with Crippen LogP contribution in [0.1, 0.15) is 29.6 Å². The van der Waals surface area contributed by atoms with Crippen LogP contribution in [0.3, 0.4) is 0 Å². The van der Waals surface area contributed by atoms with E-state index in [0.717, 1.165) is 47.6 Å². The van der Waals surface area contributed by atoms with Crippen LogP contribution in [-0.4, -0.2) is 33.9 Å². The maximum atomic E-state index is 12.8. The number of piperidine rings is 1. The molecule has 162 valence electrons. The van der Waals surface area contributed by atoms with Crippen LogP contribution in [-0.2, 0) is 0 Å². The highest BCUT2D eigenvalue weighted by molar-refractivity contribution is 7.22. The van der Waals surface area contributed by atoms with Crippen molar-refractivity contribution in [2.75, 3.05) is 23.3 Å². The Balaban J connectivity index is 1.35. The first kappa shape index (κ1) is 20.5. The molecule has 8 nitrogen and oxygen atoms in total. The lowest BCUT2D eigenvalue weighted by atomic mass is 10.1. The van der Waals surface area contributed by atoms with Crippen molar-refractivity contribution in [2.45, 2.75) is 19.3 Å². The second kappa shape index (κ2) is 8.64. The smallest absolute Gasteiger partial charge is 0.293 e. The Hall–Kier alpha value is -3.37. The maximum Gasteiger partial charge on any atom is 0.293 e. The van der Waals surface area contributed by atoms with E-state index in [-0.39, 0.29) is 11.3 Å². The third kappa shape index (κ3) is 4.06. The standard InChI is InChI=1S/C22H19N5O3S2/c28-20(14-8-9-17(18(12-14)27(29)30)26-10-4-1-5-11-26)25-22-24-16(13-31-22)21-23-15-6-2-3-7-19(15)32-21/h2-3,6-9,12-13H,1,4-5,10-11H2,(H,24,25,28). The van der Waals surface area contributed by atoms with E-state index in [1.54, 1.807) is 12.1 Å². The molecule has 0 spiro atoms. The van der Waals surface area contributed by atoms with Gasteiger partial charge in [0.1, 0.15) is 16.4 Å². The molecule has 1 aliphatic heterocycles. The number of aromatic nitrogens is 2. The minimum atomic E-state index is -0.427. The second-order valence-corrected chi connectivity index (χ2v) is 9.38. The van der Waals surface area contributed by atoms with Gasteiger partial charge in [-0.15, -0.1) is 22.7 Å². The van der Waals surface area contributed by atoms with Gasteiger partial charge in [-0.05, 0) is 43.5 Å². The Morgan fingerprint density at radius 1 is 1.09 bits per heavy atom. The van der Waals surface area contributed by atoms with Crippen molar-refractivity contribution in [3.63, 3.8) is 0 Å². The molecular formula is C22H19N5O3S2. The summed E-state index contributed by atoms with van der Waals surface area (Å²) in [5.41, 5.74) is 2.35. The van der Waals surface area contributed by atoms with Gasteiger partial charge >= 0.3 is 0 Å². The summed E-state index contributed by atoms with van der Waals surface area (Å²) in [7, 11) is 0. The van der Waals surface area contributed by atoms with Crippen molar-refractivity contribution in [1.82, 2.24) is 9.97 Å². The minimum Gasteiger partial charge on any atom is -0.366 e. The number of carbonyl (C=O) groups is 1. The van der Waals surface area contributed by atoms with Crippen LogP contribution < -0.4 is 10.2 Å². The number of nitro benzene ring substituents is 1. The molecule has 0 atom stereocenters. The topological polar surface area (TPSA) is 101 Å². The van der Waals surface area contributed by atoms with Crippen molar-refractivity contribution in [1.29, 1.82) is 0 Å². The lowest BCUT2D eigenvalue weighted by Gasteiger charge is -2.28. The average molecular weight is 466 g/mol. The first-order valence-corrected chi connectivity index (χ1v) is 11.9. The zero-order valence-corrected chi connectivity index (χ0v) is 18.6. The van der Waals surface area contributed by atoms with Gasteiger partial charge in [-0.3, -0.25) is 20.2 Å². The van der Waals surface area contributed by atoms with Gasteiger partial charge in [0.25, 0.3) is 11.6 Å². The molecule has 5 rings (SSSR count). The van der Waals surface area contributed by atoms with Crippen LogP contribution in [0, 0.1) is 10.1 Å². The molecule has 0 unspecified atom stereocenters. The number of carbonyl (C=O) groups excluding carboxylic acids is 1. The molecule has 0 bridgehead atoms. The lowest BCUT2D eigenvalue weighted by molar-refractivity contribution is -0.384. The highest BCUT2D eigenvalue weighted by Gasteiger charge is 2.23. The zero-order chi connectivity index (χ0) is 22.1. The number of anilines is 2. The largest absolute Gasteiger partial charge is 0.366 e. The van der Waals surface area contributed by atoms with Crippen molar-refractivity contribution < 1.29 is 9.72 Å². The molecule has 2 aromatic carbocycles. The first-order chi connectivity index (χ1) is 15.6. The van der Waals surface area contributed by atoms with Crippen LogP contribution in [0.25, 0.3) is 20.9 Å². The van der Waals surface area contributed by atoms with Crippen molar-refractivity contribution in [3.05, 3.63) is 63.5 Å². The van der Waals surface area contributed by atoms with Gasteiger partial charge in [0.05, 0.1) is 15.1 Å². The quantitative estimate of drug-likeness (QED) is 0.305. The lowest BCUT2D eigenvalue weighted by Crippen LogP contribution is -2.30. The molecule has 3 heterocycles. The minimum absolute atomic E-state index is 0.0474. The van der Waals surface area contributed by atoms with Crippen molar-refractivity contribution in [2.24, 2.45) is 0 Å². The molecular weight excluding hydrogens is 446 g/mol. The van der Waals surface area contributed by atoms with Crippen molar-refractivity contribution >= 4 is 55.3 Å². The van der Waals surface area contributed by atoms with E-state index in [9.17, 15) is 14.9 Å². The van der Waals surface area contributed by atoms with Crippen LogP contribution in [0.5, 0.6) is 0 Å². The number of nitro groups is 1. The summed E-state index contributed by atoms with van der Waals surface area (Å²) in [4.78, 5) is 35.1. The van der Waals surface area contributed by atoms with E-state index in [1.165, 1.54) is 28.7 Å². The SMILES string of the molecule is O=C(Nc1nc(-c2nc3ccccc3s2)cs1)c1ccc(N2CCCCC2)c([N+](=O)[O-])c1. The van der Waals surface area contributed by atoms with Gasteiger partial charge < -0.3 is 4.90 Å². The normalized spacial score (nSPS) is 13.9. The Labute approximate surface area is 191 Å². The number of fused-ring (bicyclic) bond motifs is 1. The summed E-state index contributed by atoms with van der Waals surface area (Å²) in [6.07, 6.45) is 3.17. The Morgan fingerprint density at radius 3 is 2.69 bits per heavy atom. The monoisotopic (exact) mass is 465 g/mol. The van der Waals surface area contributed by atoms with E-state index < -0.39 is 10.8 Å². The maximum absolute atomic E-state index is 12.8. The van der Waals surface area contributed by atoms with E-state index in [4.69, 9.17) is 0 Å². The van der Waals surface area contributed by atoms with Gasteiger partial charge in [-0.2, -0.15) is 0 Å². The summed E-state index contributed by atoms with van der Waals surface area (Å²) in [6.45, 7) is 1.58. The van der Waals surface area contributed by atoms with Crippen LogP contribution >= 0.6 is 22.7 Å². The highest BCUT2D eigenvalue weighted by atomic mass is 32.1. The van der Waals surface area contributed by atoms with Crippen molar-refractivity contribution in [3.8, 4) is 10.7 Å². The molecule has 0 saturated carbocycles. The molecule has 1 aliphatic rings. The van der Waals surface area contributed by atoms with Crippen LogP contribution in [0.4, 0.5) is 16.5 Å². The van der Waals surface area contributed by atoms with Gasteiger partial charge in [0.15, 0.2) is 5.13 Å². The number of benzene rings is 2. The van der Waals surface area contributed by atoms with Gasteiger partial charge in [0.2, 0.25) is 0 Å². The number of hydrogen-bond acceptors (Lipinski definition) is 8. The third-order valence-electron chi connectivity index (χ3n) is 5.37. The fourth-order valence-electron chi connectivity index (χ4n) is 3.79. The van der Waals surface area contributed by atoms with Gasteiger partial charge in [0, 0.05) is 30.1 Å². The molecule has 10 heteroatoms. The van der Waals surface area contributed by atoms with E-state index in [0.29, 0.717) is 16.5 Å². The molecule has 1 saturated heterocycles. The number of nitrogens with one attached hydrogen (secondary N) is 1. The van der Waals surface area contributed by atoms with Crippen LogP contribution in [0.2, 0.25) is 0 Å². The molecule has 1 amide bonds. The molecule has 1 N–H and O–H groups in total. The van der Waals surface area contributed by atoms with Gasteiger partial charge in [-0.1, -0.05) is 12.1 Å². The molecule has 4 aromatic rings. The number of hydrogen-bond donors (Lipinski definition) is 1.